The molecule has 0 atom stereocenters. The molecule has 1 amide bonds. The van der Waals surface area contributed by atoms with Gasteiger partial charge in [0.25, 0.3) is 0 Å². The highest BCUT2D eigenvalue weighted by molar-refractivity contribution is 7.97. The molecule has 0 unspecified atom stereocenters. The first-order chi connectivity index (χ1) is 7.04. The van der Waals surface area contributed by atoms with Crippen LogP contribution in [0, 0.1) is 4.91 Å². The van der Waals surface area contributed by atoms with E-state index in [0.29, 0.717) is 12.4 Å². The summed E-state index contributed by atoms with van der Waals surface area (Å²) in [5.74, 6) is -0.186. The number of nitroso groups, excluding NO2 is 1. The number of rotatable bonds is 6. The molecule has 88 valence electrons. The SMILES string of the molecule is CC(N)=O.CCCOC(=O)CCSN=O. The van der Waals surface area contributed by atoms with E-state index in [1.165, 1.54) is 6.92 Å². The van der Waals surface area contributed by atoms with Crippen molar-refractivity contribution in [1.82, 2.24) is 0 Å². The molecule has 0 fully saturated rings. The lowest BCUT2D eigenvalue weighted by molar-refractivity contribution is -0.143. The average Bonchev–Trinajstić information content (AvgIpc) is 2.14. The largest absolute Gasteiger partial charge is 0.466 e. The molecule has 0 aromatic carbocycles. The molecule has 0 saturated carbocycles. The minimum Gasteiger partial charge on any atom is -0.466 e. The van der Waals surface area contributed by atoms with Gasteiger partial charge >= 0.3 is 5.97 Å². The van der Waals surface area contributed by atoms with Gasteiger partial charge < -0.3 is 10.5 Å². The van der Waals surface area contributed by atoms with Crippen LogP contribution in [-0.2, 0) is 14.3 Å². The Kier molecular flexibility index (Phi) is 14.0. The Hall–Kier alpha value is -1.11. The number of nitrogens with two attached hydrogens (primary N) is 1. The highest BCUT2D eigenvalue weighted by Gasteiger charge is 2.00. The van der Waals surface area contributed by atoms with E-state index in [1.807, 2.05) is 6.92 Å². The third-order valence-electron chi connectivity index (χ3n) is 0.917. The molecule has 0 aromatic rings. The Morgan fingerprint density at radius 2 is 2.00 bits per heavy atom. The van der Waals surface area contributed by atoms with Crippen LogP contribution in [0.25, 0.3) is 0 Å². The number of hydrogen-bond acceptors (Lipinski definition) is 6. The predicted molar refractivity (Wildman–Crippen MR) is 59.0 cm³/mol. The van der Waals surface area contributed by atoms with Crippen LogP contribution < -0.4 is 5.73 Å². The monoisotopic (exact) mass is 236 g/mol. The van der Waals surface area contributed by atoms with Crippen LogP contribution in [0.4, 0.5) is 0 Å². The van der Waals surface area contributed by atoms with E-state index in [2.05, 4.69) is 10.3 Å². The summed E-state index contributed by atoms with van der Waals surface area (Å²) in [4.78, 5) is 29.5. The number of primary amides is 1. The topological polar surface area (TPSA) is 98.8 Å². The van der Waals surface area contributed by atoms with Crippen molar-refractivity contribution in [3.8, 4) is 0 Å². The summed E-state index contributed by atoms with van der Waals surface area (Å²) in [7, 11) is 0. The van der Waals surface area contributed by atoms with Crippen molar-refractivity contribution in [1.29, 1.82) is 0 Å². The summed E-state index contributed by atoms with van der Waals surface area (Å²) < 4.78 is 7.29. The third-order valence-corrected chi connectivity index (χ3v) is 1.41. The Bertz CT molecular complexity index is 195. The van der Waals surface area contributed by atoms with Crippen LogP contribution in [0.3, 0.4) is 0 Å². The molecule has 0 saturated heterocycles. The lowest BCUT2D eigenvalue weighted by Gasteiger charge is -1.99. The maximum atomic E-state index is 10.7. The number of esters is 1. The van der Waals surface area contributed by atoms with Gasteiger partial charge in [0.1, 0.15) is 0 Å². The Morgan fingerprint density at radius 3 is 2.40 bits per heavy atom. The number of carbonyl (C=O) groups is 2. The minimum atomic E-state index is -0.333. The third kappa shape index (κ3) is 24.6. The number of carbonyl (C=O) groups excluding carboxylic acids is 2. The molecule has 0 heterocycles. The van der Waals surface area contributed by atoms with Gasteiger partial charge in [-0.3, -0.25) is 9.59 Å². The first kappa shape index (κ1) is 16.3. The van der Waals surface area contributed by atoms with Crippen LogP contribution in [-0.4, -0.2) is 24.2 Å². The van der Waals surface area contributed by atoms with E-state index in [9.17, 15) is 14.5 Å². The van der Waals surface area contributed by atoms with Crippen LogP contribution in [0.5, 0.6) is 0 Å². The standard InChI is InChI=1S/C6H11NO3S.C2H5NO/c1-2-4-10-6(8)3-5-11-7-9;1-2(3)4/h2-5H2,1H3;1H3,(H2,3,4). The van der Waals surface area contributed by atoms with Crippen LogP contribution in [0.15, 0.2) is 4.58 Å². The molecular formula is C8H16N2O4S. The van der Waals surface area contributed by atoms with Crippen molar-refractivity contribution in [3.05, 3.63) is 4.91 Å². The van der Waals surface area contributed by atoms with Crippen LogP contribution in [0.1, 0.15) is 26.7 Å². The van der Waals surface area contributed by atoms with Gasteiger partial charge in [0.15, 0.2) is 0 Å². The van der Waals surface area contributed by atoms with Crippen molar-refractivity contribution >= 4 is 23.8 Å². The number of ether oxygens (including phenoxy) is 1. The number of hydrogen-bond donors (Lipinski definition) is 1. The second-order valence-electron chi connectivity index (χ2n) is 2.49. The van der Waals surface area contributed by atoms with Crippen molar-refractivity contribution in [3.63, 3.8) is 0 Å². The summed E-state index contributed by atoms with van der Waals surface area (Å²) in [6, 6.07) is 0. The fraction of sp³-hybridized carbons (Fsp3) is 0.750. The summed E-state index contributed by atoms with van der Waals surface area (Å²) in [6.45, 7) is 3.69. The molecular weight excluding hydrogens is 220 g/mol. The molecule has 0 radical (unpaired) electrons. The zero-order chi connectivity index (χ0) is 12.1. The van der Waals surface area contributed by atoms with Crippen molar-refractivity contribution < 1.29 is 14.3 Å². The highest BCUT2D eigenvalue weighted by Crippen LogP contribution is 2.03. The number of amides is 1. The molecule has 0 bridgehead atoms. The van der Waals surface area contributed by atoms with Gasteiger partial charge in [-0.2, -0.15) is 0 Å². The molecule has 6 nitrogen and oxygen atoms in total. The van der Waals surface area contributed by atoms with Gasteiger partial charge in [-0.05, 0) is 6.42 Å². The molecule has 0 aromatic heterocycles. The average molecular weight is 236 g/mol. The fourth-order valence-electron chi connectivity index (χ4n) is 0.454. The predicted octanol–water partition coefficient (Wildman–Crippen LogP) is 1.24. The van der Waals surface area contributed by atoms with E-state index in [0.717, 1.165) is 18.4 Å². The summed E-state index contributed by atoms with van der Waals surface area (Å²) in [5.41, 5.74) is 4.47. The molecule has 2 N–H and O–H groups in total. The molecule has 0 rings (SSSR count). The van der Waals surface area contributed by atoms with E-state index in [1.54, 1.807) is 0 Å². The molecule has 15 heavy (non-hydrogen) atoms. The zero-order valence-corrected chi connectivity index (χ0v) is 9.71. The first-order valence-corrected chi connectivity index (χ1v) is 5.35. The lowest BCUT2D eigenvalue weighted by atomic mass is 10.5. The molecule has 0 aliphatic heterocycles. The van der Waals surface area contributed by atoms with E-state index in [-0.39, 0.29) is 18.3 Å². The smallest absolute Gasteiger partial charge is 0.306 e. The van der Waals surface area contributed by atoms with E-state index in [4.69, 9.17) is 4.74 Å². The maximum Gasteiger partial charge on any atom is 0.306 e. The van der Waals surface area contributed by atoms with Gasteiger partial charge in [0.2, 0.25) is 5.91 Å². The molecule has 7 heteroatoms. The first-order valence-electron chi connectivity index (χ1n) is 4.40. The molecule has 0 aliphatic rings. The zero-order valence-electron chi connectivity index (χ0n) is 8.89. The van der Waals surface area contributed by atoms with Gasteiger partial charge in [-0.15, -0.1) is 4.91 Å². The van der Waals surface area contributed by atoms with E-state index < -0.39 is 0 Å². The van der Waals surface area contributed by atoms with Crippen molar-refractivity contribution in [2.75, 3.05) is 12.4 Å². The quantitative estimate of drug-likeness (QED) is 0.323. The second-order valence-corrected chi connectivity index (χ2v) is 3.30. The van der Waals surface area contributed by atoms with Crippen molar-refractivity contribution in [2.45, 2.75) is 26.7 Å². The van der Waals surface area contributed by atoms with Gasteiger partial charge in [0.05, 0.1) is 13.0 Å². The number of nitrogens with zero attached hydrogens (tertiary/aromatic N) is 1. The second kappa shape index (κ2) is 12.9. The molecule has 0 spiro atoms. The summed E-state index contributed by atoms with van der Waals surface area (Å²) in [6.07, 6.45) is 1.08. The Balaban J connectivity index is 0. The summed E-state index contributed by atoms with van der Waals surface area (Å²) in [5, 5.41) is 0. The van der Waals surface area contributed by atoms with E-state index >= 15 is 0 Å². The Labute approximate surface area is 93.0 Å². The summed E-state index contributed by atoms with van der Waals surface area (Å²) >= 11 is 0.839. The maximum absolute atomic E-state index is 10.7. The van der Waals surface area contributed by atoms with Gasteiger partial charge in [0, 0.05) is 29.2 Å². The lowest BCUT2D eigenvalue weighted by Crippen LogP contribution is -2.05. The van der Waals surface area contributed by atoms with Crippen LogP contribution in [0.2, 0.25) is 0 Å². The van der Waals surface area contributed by atoms with Gasteiger partial charge in [-0.25, -0.2) is 0 Å². The van der Waals surface area contributed by atoms with Crippen molar-refractivity contribution in [2.24, 2.45) is 10.3 Å². The Morgan fingerprint density at radius 1 is 1.47 bits per heavy atom. The normalized spacial score (nSPS) is 8.40. The highest BCUT2D eigenvalue weighted by atomic mass is 32.2. The van der Waals surface area contributed by atoms with Crippen LogP contribution >= 0.6 is 11.9 Å². The fourth-order valence-corrected chi connectivity index (χ4v) is 0.787. The minimum absolute atomic E-state index is 0.260. The van der Waals surface area contributed by atoms with Gasteiger partial charge in [-0.1, -0.05) is 6.92 Å². The molecule has 0 aliphatic carbocycles.